The lowest BCUT2D eigenvalue weighted by Gasteiger charge is -2.15. The highest BCUT2D eigenvalue weighted by Crippen LogP contribution is 2.21. The third-order valence-electron chi connectivity index (χ3n) is 3.14. The van der Waals surface area contributed by atoms with Gasteiger partial charge in [-0.25, -0.2) is 4.98 Å². The molecular formula is C16H21N3OS. The van der Waals surface area contributed by atoms with Gasteiger partial charge in [0.15, 0.2) is 0 Å². The maximum Gasteiger partial charge on any atom is 0.253 e. The number of anilines is 1. The quantitative estimate of drug-likeness (QED) is 0.886. The fourth-order valence-electron chi connectivity index (χ4n) is 2.10. The summed E-state index contributed by atoms with van der Waals surface area (Å²) >= 11 is 1.61. The van der Waals surface area contributed by atoms with Crippen LogP contribution in [0.3, 0.4) is 0 Å². The number of benzene rings is 1. The molecule has 21 heavy (non-hydrogen) atoms. The van der Waals surface area contributed by atoms with Gasteiger partial charge in [0.2, 0.25) is 0 Å². The summed E-state index contributed by atoms with van der Waals surface area (Å²) in [7, 11) is 0. The van der Waals surface area contributed by atoms with E-state index in [2.05, 4.69) is 15.6 Å². The van der Waals surface area contributed by atoms with Gasteiger partial charge in [-0.05, 0) is 39.8 Å². The highest BCUT2D eigenvalue weighted by atomic mass is 32.1. The lowest BCUT2D eigenvalue weighted by atomic mass is 10.1. The number of amides is 1. The first-order valence-electron chi connectivity index (χ1n) is 7.09. The van der Waals surface area contributed by atoms with Crippen LogP contribution in [0.25, 0.3) is 0 Å². The Morgan fingerprint density at radius 3 is 2.76 bits per heavy atom. The van der Waals surface area contributed by atoms with Crippen molar-refractivity contribution in [2.45, 2.75) is 33.7 Å². The normalized spacial score (nSPS) is 12.0. The Balaban J connectivity index is 2.18. The molecule has 1 aromatic heterocycles. The number of aromatic nitrogens is 1. The third-order valence-corrected chi connectivity index (χ3v) is 4.24. The molecule has 112 valence electrons. The summed E-state index contributed by atoms with van der Waals surface area (Å²) in [6, 6.07) is 5.77. The van der Waals surface area contributed by atoms with Gasteiger partial charge in [0, 0.05) is 23.3 Å². The van der Waals surface area contributed by atoms with E-state index in [1.54, 1.807) is 11.3 Å². The van der Waals surface area contributed by atoms with Gasteiger partial charge in [0.05, 0.1) is 11.6 Å². The van der Waals surface area contributed by atoms with Crippen molar-refractivity contribution in [3.05, 3.63) is 45.4 Å². The summed E-state index contributed by atoms with van der Waals surface area (Å²) in [5.74, 6) is -0.0741. The first kappa shape index (κ1) is 15.5. The standard InChI is InChI=1S/C16H21N3OS/c1-5-17-14-7-6-10(2)8-13(14)15(20)19-12(4)16-18-9-11(3)21-16/h6-9,12,17H,5H2,1-4H3,(H,19,20). The van der Waals surface area contributed by atoms with Crippen molar-refractivity contribution < 1.29 is 4.79 Å². The van der Waals surface area contributed by atoms with Crippen molar-refractivity contribution in [3.63, 3.8) is 0 Å². The lowest BCUT2D eigenvalue weighted by Crippen LogP contribution is -2.27. The minimum atomic E-state index is -0.0915. The molecule has 1 heterocycles. The maximum atomic E-state index is 12.5. The molecule has 0 saturated heterocycles. The van der Waals surface area contributed by atoms with Crippen LogP contribution in [0.5, 0.6) is 0 Å². The van der Waals surface area contributed by atoms with Crippen molar-refractivity contribution in [2.24, 2.45) is 0 Å². The first-order chi connectivity index (χ1) is 10.0. The van der Waals surface area contributed by atoms with Crippen molar-refractivity contribution in [1.82, 2.24) is 10.3 Å². The largest absolute Gasteiger partial charge is 0.385 e. The van der Waals surface area contributed by atoms with Gasteiger partial charge in [-0.15, -0.1) is 11.3 Å². The number of carbonyl (C=O) groups excluding carboxylic acids is 1. The van der Waals surface area contributed by atoms with Crippen LogP contribution in [0.4, 0.5) is 5.69 Å². The van der Waals surface area contributed by atoms with Crippen LogP contribution in [0.15, 0.2) is 24.4 Å². The minimum Gasteiger partial charge on any atom is -0.385 e. The number of nitrogens with zero attached hydrogens (tertiary/aromatic N) is 1. The van der Waals surface area contributed by atoms with E-state index in [0.717, 1.165) is 27.7 Å². The monoisotopic (exact) mass is 303 g/mol. The molecule has 1 unspecified atom stereocenters. The third kappa shape index (κ3) is 3.82. The molecule has 0 bridgehead atoms. The van der Waals surface area contributed by atoms with Crippen LogP contribution in [0.2, 0.25) is 0 Å². The molecule has 0 radical (unpaired) electrons. The molecule has 2 rings (SSSR count). The maximum absolute atomic E-state index is 12.5. The topological polar surface area (TPSA) is 54.0 Å². The molecule has 2 aromatic rings. The molecule has 1 aromatic carbocycles. The summed E-state index contributed by atoms with van der Waals surface area (Å²) in [5.41, 5.74) is 2.61. The van der Waals surface area contributed by atoms with Crippen LogP contribution in [-0.4, -0.2) is 17.4 Å². The minimum absolute atomic E-state index is 0.0741. The van der Waals surface area contributed by atoms with Crippen LogP contribution in [0.1, 0.15) is 45.7 Å². The van der Waals surface area contributed by atoms with Gasteiger partial charge in [-0.2, -0.15) is 0 Å². The summed E-state index contributed by atoms with van der Waals surface area (Å²) in [6.45, 7) is 8.76. The fourth-order valence-corrected chi connectivity index (χ4v) is 2.88. The van der Waals surface area contributed by atoms with E-state index in [0.29, 0.717) is 5.56 Å². The Hall–Kier alpha value is -1.88. The van der Waals surface area contributed by atoms with Crippen LogP contribution < -0.4 is 10.6 Å². The number of hydrogen-bond donors (Lipinski definition) is 2. The van der Waals surface area contributed by atoms with E-state index < -0.39 is 0 Å². The number of hydrogen-bond acceptors (Lipinski definition) is 4. The fraction of sp³-hybridized carbons (Fsp3) is 0.375. The van der Waals surface area contributed by atoms with Gasteiger partial charge in [-0.1, -0.05) is 11.6 Å². The molecule has 1 amide bonds. The number of aryl methyl sites for hydroxylation is 2. The second-order valence-corrected chi connectivity index (χ2v) is 6.35. The summed E-state index contributed by atoms with van der Waals surface area (Å²) in [5, 5.41) is 7.18. The SMILES string of the molecule is CCNc1ccc(C)cc1C(=O)NC(C)c1ncc(C)s1. The Morgan fingerprint density at radius 2 is 2.14 bits per heavy atom. The highest BCUT2D eigenvalue weighted by Gasteiger charge is 2.16. The van der Waals surface area contributed by atoms with E-state index in [-0.39, 0.29) is 11.9 Å². The molecule has 0 aliphatic heterocycles. The van der Waals surface area contributed by atoms with E-state index in [1.807, 2.05) is 52.1 Å². The van der Waals surface area contributed by atoms with Crippen molar-refractivity contribution >= 4 is 22.9 Å². The van der Waals surface area contributed by atoms with Crippen LogP contribution in [-0.2, 0) is 0 Å². The van der Waals surface area contributed by atoms with Gasteiger partial charge < -0.3 is 10.6 Å². The van der Waals surface area contributed by atoms with Gasteiger partial charge in [0.1, 0.15) is 5.01 Å². The van der Waals surface area contributed by atoms with Gasteiger partial charge in [0.25, 0.3) is 5.91 Å². The average molecular weight is 303 g/mol. The molecule has 1 atom stereocenters. The number of rotatable bonds is 5. The average Bonchev–Trinajstić information content (AvgIpc) is 2.87. The summed E-state index contributed by atoms with van der Waals surface area (Å²) < 4.78 is 0. The smallest absolute Gasteiger partial charge is 0.253 e. The predicted octanol–water partition coefficient (Wildman–Crippen LogP) is 3.68. The molecule has 4 nitrogen and oxygen atoms in total. The summed E-state index contributed by atoms with van der Waals surface area (Å²) in [6.07, 6.45) is 1.83. The lowest BCUT2D eigenvalue weighted by molar-refractivity contribution is 0.0940. The van der Waals surface area contributed by atoms with Crippen molar-refractivity contribution in [3.8, 4) is 0 Å². The Labute approximate surface area is 129 Å². The molecule has 0 fully saturated rings. The van der Waals surface area contributed by atoms with Gasteiger partial charge >= 0.3 is 0 Å². The molecule has 0 spiro atoms. The Kier molecular flexibility index (Phi) is 4.96. The number of nitrogens with one attached hydrogen (secondary N) is 2. The number of thiazole rings is 1. The highest BCUT2D eigenvalue weighted by molar-refractivity contribution is 7.11. The number of carbonyl (C=O) groups is 1. The van der Waals surface area contributed by atoms with Crippen LogP contribution in [0, 0.1) is 13.8 Å². The predicted molar refractivity (Wildman–Crippen MR) is 88.1 cm³/mol. The first-order valence-corrected chi connectivity index (χ1v) is 7.90. The van der Waals surface area contributed by atoms with Crippen molar-refractivity contribution in [1.29, 1.82) is 0 Å². The molecule has 0 saturated carbocycles. The van der Waals surface area contributed by atoms with Gasteiger partial charge in [-0.3, -0.25) is 4.79 Å². The second kappa shape index (κ2) is 6.72. The van der Waals surface area contributed by atoms with Crippen molar-refractivity contribution in [2.75, 3.05) is 11.9 Å². The molecule has 0 aliphatic carbocycles. The van der Waals surface area contributed by atoms with Crippen LogP contribution >= 0.6 is 11.3 Å². The second-order valence-electron chi connectivity index (χ2n) is 5.08. The molecule has 0 aliphatic rings. The molecule has 2 N–H and O–H groups in total. The molecule has 5 heteroatoms. The van der Waals surface area contributed by atoms with E-state index in [9.17, 15) is 4.79 Å². The molecular weight excluding hydrogens is 282 g/mol. The zero-order valence-corrected chi connectivity index (χ0v) is 13.7. The van der Waals surface area contributed by atoms with E-state index in [1.165, 1.54) is 0 Å². The zero-order chi connectivity index (χ0) is 15.4. The Bertz CT molecular complexity index is 636. The zero-order valence-electron chi connectivity index (χ0n) is 12.9. The summed E-state index contributed by atoms with van der Waals surface area (Å²) in [4.78, 5) is 18.0. The van der Waals surface area contributed by atoms with E-state index in [4.69, 9.17) is 0 Å². The van der Waals surface area contributed by atoms with E-state index >= 15 is 0 Å². The Morgan fingerprint density at radius 1 is 1.38 bits per heavy atom.